The molecule has 0 aromatic carbocycles. The summed E-state index contributed by atoms with van der Waals surface area (Å²) in [6, 6.07) is 0. The Morgan fingerprint density at radius 1 is 1.14 bits per heavy atom. The van der Waals surface area contributed by atoms with E-state index >= 15 is 0 Å². The molecule has 0 spiro atoms. The van der Waals surface area contributed by atoms with Gasteiger partial charge in [-0.2, -0.15) is 9.78 Å². The van der Waals surface area contributed by atoms with E-state index in [-0.39, 0.29) is 0 Å². The van der Waals surface area contributed by atoms with E-state index in [0.717, 1.165) is 0 Å². The predicted octanol–water partition coefficient (Wildman–Crippen LogP) is 0.205. The van der Waals surface area contributed by atoms with Crippen LogP contribution in [0.15, 0.2) is 4.52 Å². The Bertz CT molecular complexity index is 321. The van der Waals surface area contributed by atoms with Crippen LogP contribution in [0, 0.1) is 20.8 Å². The van der Waals surface area contributed by atoms with Crippen LogP contribution in [-0.4, -0.2) is 30.3 Å². The van der Waals surface area contributed by atoms with Crippen molar-refractivity contribution < 1.29 is 4.52 Å². The van der Waals surface area contributed by atoms with Crippen molar-refractivity contribution in [3.05, 3.63) is 17.5 Å². The lowest BCUT2D eigenvalue weighted by Gasteiger charge is -1.73. The Hall–Kier alpha value is -1.79. The highest BCUT2D eigenvalue weighted by Crippen LogP contribution is 1.89. The Balaban J connectivity index is 0.000000140. The van der Waals surface area contributed by atoms with E-state index in [0.29, 0.717) is 17.5 Å². The smallest absolute Gasteiger partial charge is 0.223 e. The van der Waals surface area contributed by atoms with Crippen LogP contribution in [0.5, 0.6) is 0 Å². The fourth-order valence-electron chi connectivity index (χ4n) is 0.780. The molecule has 76 valence electrons. The normalized spacial score (nSPS) is 9.43. The zero-order valence-corrected chi connectivity index (χ0v) is 8.59. The second-order valence-corrected chi connectivity index (χ2v) is 2.69. The first-order valence-electron chi connectivity index (χ1n) is 4.05. The number of hydrogen-bond donors (Lipinski definition) is 0. The molecule has 0 bridgehead atoms. The standard InChI is InChI=1S/C4H6N2O.C3H6N4/c1-3-5-4(2)7-6-3;1-3-4-6-7(2)5-3/h2*1-2H3. The van der Waals surface area contributed by atoms with Crippen molar-refractivity contribution in [3.63, 3.8) is 0 Å². The summed E-state index contributed by atoms with van der Waals surface area (Å²) in [5.41, 5.74) is 0. The number of rotatable bonds is 0. The van der Waals surface area contributed by atoms with E-state index in [1.807, 2.05) is 0 Å². The molecule has 0 fully saturated rings. The molecule has 7 nitrogen and oxygen atoms in total. The molecule has 2 rings (SSSR count). The molecule has 14 heavy (non-hydrogen) atoms. The summed E-state index contributed by atoms with van der Waals surface area (Å²) in [5.74, 6) is 2.03. The maximum absolute atomic E-state index is 4.60. The van der Waals surface area contributed by atoms with Crippen LogP contribution in [0.3, 0.4) is 0 Å². The summed E-state index contributed by atoms with van der Waals surface area (Å²) >= 11 is 0. The van der Waals surface area contributed by atoms with Gasteiger partial charge in [0, 0.05) is 6.92 Å². The minimum Gasteiger partial charge on any atom is -0.340 e. The van der Waals surface area contributed by atoms with Crippen LogP contribution < -0.4 is 0 Å². The molecule has 2 aromatic heterocycles. The molecule has 0 saturated heterocycles. The SMILES string of the molecule is Cc1nnn(C)n1.Cc1noc(C)n1. The molecule has 0 aliphatic heterocycles. The molecule has 0 atom stereocenters. The molecular formula is C7H12N6O. The summed E-state index contributed by atoms with van der Waals surface area (Å²) < 4.78 is 4.60. The number of nitrogens with zero attached hydrogens (tertiary/aromatic N) is 6. The second-order valence-electron chi connectivity index (χ2n) is 2.69. The Labute approximate surface area is 81.1 Å². The first kappa shape index (κ1) is 10.3. The van der Waals surface area contributed by atoms with Crippen LogP contribution >= 0.6 is 0 Å². The van der Waals surface area contributed by atoms with E-state index in [1.54, 1.807) is 27.8 Å². The predicted molar refractivity (Wildman–Crippen MR) is 47.3 cm³/mol. The lowest BCUT2D eigenvalue weighted by Crippen LogP contribution is -1.91. The fourth-order valence-corrected chi connectivity index (χ4v) is 0.780. The van der Waals surface area contributed by atoms with Gasteiger partial charge in [-0.3, -0.25) is 0 Å². The molecule has 0 saturated carbocycles. The first-order chi connectivity index (χ1) is 6.58. The van der Waals surface area contributed by atoms with Crippen molar-refractivity contribution in [1.29, 1.82) is 0 Å². The van der Waals surface area contributed by atoms with Crippen molar-refractivity contribution >= 4 is 0 Å². The summed E-state index contributed by atoms with van der Waals surface area (Å²) in [7, 11) is 1.74. The van der Waals surface area contributed by atoms with Gasteiger partial charge in [-0.1, -0.05) is 5.16 Å². The lowest BCUT2D eigenvalue weighted by molar-refractivity contribution is 0.389. The number of aryl methyl sites for hydroxylation is 4. The average Bonchev–Trinajstić information content (AvgIpc) is 2.63. The highest BCUT2D eigenvalue weighted by molar-refractivity contribution is 4.77. The number of aromatic nitrogens is 6. The third-order valence-electron chi connectivity index (χ3n) is 1.24. The highest BCUT2D eigenvalue weighted by atomic mass is 16.5. The molecule has 0 amide bonds. The van der Waals surface area contributed by atoms with E-state index in [1.165, 1.54) is 4.80 Å². The monoisotopic (exact) mass is 196 g/mol. The van der Waals surface area contributed by atoms with Crippen molar-refractivity contribution in [2.45, 2.75) is 20.8 Å². The third-order valence-corrected chi connectivity index (χ3v) is 1.24. The Morgan fingerprint density at radius 3 is 2.00 bits per heavy atom. The quantitative estimate of drug-likeness (QED) is 0.598. The third kappa shape index (κ3) is 3.30. The average molecular weight is 196 g/mol. The van der Waals surface area contributed by atoms with Crippen molar-refractivity contribution in [2.24, 2.45) is 7.05 Å². The summed E-state index contributed by atoms with van der Waals surface area (Å²) in [6.07, 6.45) is 0. The second kappa shape index (κ2) is 4.45. The zero-order valence-electron chi connectivity index (χ0n) is 8.59. The molecule has 2 aromatic rings. The summed E-state index contributed by atoms with van der Waals surface area (Å²) in [5, 5.41) is 14.5. The maximum Gasteiger partial charge on any atom is 0.223 e. The largest absolute Gasteiger partial charge is 0.340 e. The Kier molecular flexibility index (Phi) is 3.27. The molecule has 0 radical (unpaired) electrons. The first-order valence-corrected chi connectivity index (χ1v) is 4.05. The molecule has 0 aliphatic carbocycles. The van der Waals surface area contributed by atoms with Crippen LogP contribution in [0.4, 0.5) is 0 Å². The molecular weight excluding hydrogens is 184 g/mol. The van der Waals surface area contributed by atoms with Gasteiger partial charge in [-0.05, 0) is 19.1 Å². The maximum atomic E-state index is 4.60. The van der Waals surface area contributed by atoms with Crippen LogP contribution in [0.25, 0.3) is 0 Å². The van der Waals surface area contributed by atoms with Gasteiger partial charge < -0.3 is 4.52 Å². The van der Waals surface area contributed by atoms with E-state index in [2.05, 4.69) is 30.1 Å². The molecule has 0 aliphatic rings. The van der Waals surface area contributed by atoms with E-state index < -0.39 is 0 Å². The van der Waals surface area contributed by atoms with Crippen molar-refractivity contribution in [3.8, 4) is 0 Å². The molecule has 0 N–H and O–H groups in total. The molecule has 7 heteroatoms. The number of tetrazole rings is 1. The summed E-state index contributed by atoms with van der Waals surface area (Å²) in [6.45, 7) is 5.35. The van der Waals surface area contributed by atoms with Crippen LogP contribution in [-0.2, 0) is 7.05 Å². The number of hydrogen-bond acceptors (Lipinski definition) is 6. The van der Waals surface area contributed by atoms with Gasteiger partial charge in [0.25, 0.3) is 0 Å². The van der Waals surface area contributed by atoms with Crippen molar-refractivity contribution in [1.82, 2.24) is 30.3 Å². The Morgan fingerprint density at radius 2 is 1.86 bits per heavy atom. The van der Waals surface area contributed by atoms with E-state index in [4.69, 9.17) is 0 Å². The van der Waals surface area contributed by atoms with Gasteiger partial charge in [-0.15, -0.1) is 10.2 Å². The van der Waals surface area contributed by atoms with Crippen molar-refractivity contribution in [2.75, 3.05) is 0 Å². The highest BCUT2D eigenvalue weighted by Gasteiger charge is 1.90. The fraction of sp³-hybridized carbons (Fsp3) is 0.571. The molecule has 2 heterocycles. The van der Waals surface area contributed by atoms with Gasteiger partial charge in [0.1, 0.15) is 0 Å². The van der Waals surface area contributed by atoms with Crippen LogP contribution in [0.2, 0.25) is 0 Å². The van der Waals surface area contributed by atoms with Gasteiger partial charge in [-0.25, -0.2) is 0 Å². The minimum atomic E-state index is 0.623. The van der Waals surface area contributed by atoms with Gasteiger partial charge >= 0.3 is 0 Å². The summed E-state index contributed by atoms with van der Waals surface area (Å²) in [4.78, 5) is 5.26. The van der Waals surface area contributed by atoms with Gasteiger partial charge in [0.2, 0.25) is 5.89 Å². The van der Waals surface area contributed by atoms with Gasteiger partial charge in [0.05, 0.1) is 7.05 Å². The van der Waals surface area contributed by atoms with Crippen LogP contribution in [0.1, 0.15) is 17.5 Å². The topological polar surface area (TPSA) is 82.5 Å². The zero-order chi connectivity index (χ0) is 10.6. The van der Waals surface area contributed by atoms with Gasteiger partial charge in [0.15, 0.2) is 11.6 Å². The van der Waals surface area contributed by atoms with E-state index in [9.17, 15) is 0 Å². The molecule has 0 unspecified atom stereocenters. The minimum absolute atomic E-state index is 0.623. The lowest BCUT2D eigenvalue weighted by atomic mass is 10.7.